The van der Waals surface area contributed by atoms with Crippen LogP contribution < -0.4 is 0 Å². The van der Waals surface area contributed by atoms with Crippen molar-refractivity contribution in [2.24, 2.45) is 5.92 Å². The SMILES string of the molecule is CCCCn1c(CN(Cc2ccc(O)cc2)CC2CCCCC2)cnc1-c1ccccc1. The highest BCUT2D eigenvalue weighted by Gasteiger charge is 2.20. The van der Waals surface area contributed by atoms with Crippen molar-refractivity contribution in [1.82, 2.24) is 14.5 Å². The van der Waals surface area contributed by atoms with Crippen molar-refractivity contribution in [3.63, 3.8) is 0 Å². The summed E-state index contributed by atoms with van der Waals surface area (Å²) in [6.07, 6.45) is 11.2. The van der Waals surface area contributed by atoms with Gasteiger partial charge in [0.2, 0.25) is 0 Å². The maximum atomic E-state index is 9.69. The Morgan fingerprint density at radius 3 is 2.44 bits per heavy atom. The summed E-state index contributed by atoms with van der Waals surface area (Å²) in [7, 11) is 0. The quantitative estimate of drug-likeness (QED) is 0.391. The second-order valence-corrected chi connectivity index (χ2v) is 9.28. The predicted molar refractivity (Wildman–Crippen MR) is 131 cm³/mol. The van der Waals surface area contributed by atoms with E-state index in [4.69, 9.17) is 4.98 Å². The smallest absolute Gasteiger partial charge is 0.140 e. The molecular weight excluding hydrogens is 394 g/mol. The average Bonchev–Trinajstić information content (AvgIpc) is 3.22. The molecule has 1 aromatic heterocycles. The fourth-order valence-corrected chi connectivity index (χ4v) is 4.93. The largest absolute Gasteiger partial charge is 0.508 e. The minimum absolute atomic E-state index is 0.331. The molecule has 4 nitrogen and oxygen atoms in total. The summed E-state index contributed by atoms with van der Waals surface area (Å²) in [6.45, 7) is 6.18. The van der Waals surface area contributed by atoms with Gasteiger partial charge in [0.1, 0.15) is 11.6 Å². The molecule has 3 aromatic rings. The molecule has 0 radical (unpaired) electrons. The lowest BCUT2D eigenvalue weighted by Gasteiger charge is -2.30. The second kappa shape index (κ2) is 11.3. The first-order chi connectivity index (χ1) is 15.7. The molecular formula is C28H37N3O. The lowest BCUT2D eigenvalue weighted by Crippen LogP contribution is -2.30. The zero-order valence-electron chi connectivity index (χ0n) is 19.4. The number of hydrogen-bond donors (Lipinski definition) is 1. The van der Waals surface area contributed by atoms with Gasteiger partial charge in [-0.2, -0.15) is 0 Å². The second-order valence-electron chi connectivity index (χ2n) is 9.28. The molecule has 0 amide bonds. The first-order valence-electron chi connectivity index (χ1n) is 12.3. The van der Waals surface area contributed by atoms with Gasteiger partial charge >= 0.3 is 0 Å². The summed E-state index contributed by atoms with van der Waals surface area (Å²) >= 11 is 0. The van der Waals surface area contributed by atoms with E-state index in [0.717, 1.165) is 44.3 Å². The van der Waals surface area contributed by atoms with Crippen molar-refractivity contribution in [2.75, 3.05) is 6.54 Å². The predicted octanol–water partition coefficient (Wildman–Crippen LogP) is 6.64. The van der Waals surface area contributed by atoms with Crippen molar-refractivity contribution < 1.29 is 5.11 Å². The minimum Gasteiger partial charge on any atom is -0.508 e. The van der Waals surface area contributed by atoms with E-state index < -0.39 is 0 Å². The fraction of sp³-hybridized carbons (Fsp3) is 0.464. The molecule has 1 saturated carbocycles. The third-order valence-corrected chi connectivity index (χ3v) is 6.67. The lowest BCUT2D eigenvalue weighted by atomic mass is 9.89. The summed E-state index contributed by atoms with van der Waals surface area (Å²) in [4.78, 5) is 7.45. The summed E-state index contributed by atoms with van der Waals surface area (Å²) < 4.78 is 2.43. The van der Waals surface area contributed by atoms with Crippen LogP contribution in [-0.2, 0) is 19.6 Å². The molecule has 1 heterocycles. The molecule has 32 heavy (non-hydrogen) atoms. The van der Waals surface area contributed by atoms with Crippen LogP contribution in [-0.4, -0.2) is 26.1 Å². The normalized spacial score (nSPS) is 14.8. The zero-order chi connectivity index (χ0) is 22.2. The van der Waals surface area contributed by atoms with E-state index in [1.54, 1.807) is 12.1 Å². The van der Waals surface area contributed by atoms with Gasteiger partial charge in [0.05, 0.1) is 11.9 Å². The van der Waals surface area contributed by atoms with Crippen LogP contribution in [0.1, 0.15) is 63.1 Å². The fourth-order valence-electron chi connectivity index (χ4n) is 4.93. The van der Waals surface area contributed by atoms with Gasteiger partial charge in [-0.15, -0.1) is 0 Å². The summed E-state index contributed by atoms with van der Waals surface area (Å²) in [5.41, 5.74) is 3.74. The Balaban J connectivity index is 1.58. The van der Waals surface area contributed by atoms with E-state index in [-0.39, 0.29) is 0 Å². The number of hydrogen-bond acceptors (Lipinski definition) is 3. The van der Waals surface area contributed by atoms with Gasteiger partial charge in [0, 0.05) is 31.7 Å². The lowest BCUT2D eigenvalue weighted by molar-refractivity contribution is 0.183. The van der Waals surface area contributed by atoms with E-state index >= 15 is 0 Å². The van der Waals surface area contributed by atoms with Crippen LogP contribution in [0, 0.1) is 5.92 Å². The number of imidazole rings is 1. The van der Waals surface area contributed by atoms with Gasteiger partial charge in [-0.1, -0.05) is 75.1 Å². The van der Waals surface area contributed by atoms with Crippen LogP contribution in [0.25, 0.3) is 11.4 Å². The van der Waals surface area contributed by atoms with Crippen molar-refractivity contribution in [2.45, 2.75) is 71.5 Å². The van der Waals surface area contributed by atoms with Crippen LogP contribution in [0.5, 0.6) is 5.75 Å². The zero-order valence-corrected chi connectivity index (χ0v) is 19.4. The molecule has 170 valence electrons. The first kappa shape index (κ1) is 22.6. The number of aromatic nitrogens is 2. The number of unbranched alkanes of at least 4 members (excludes halogenated alkanes) is 1. The number of phenolic OH excluding ortho intramolecular Hbond substituents is 1. The van der Waals surface area contributed by atoms with E-state index in [1.807, 2.05) is 12.1 Å². The number of aromatic hydroxyl groups is 1. The Hall–Kier alpha value is -2.59. The third-order valence-electron chi connectivity index (χ3n) is 6.67. The van der Waals surface area contributed by atoms with Gasteiger partial charge in [0.25, 0.3) is 0 Å². The van der Waals surface area contributed by atoms with Crippen LogP contribution >= 0.6 is 0 Å². The molecule has 0 spiro atoms. The van der Waals surface area contributed by atoms with Crippen molar-refractivity contribution in [3.8, 4) is 17.1 Å². The molecule has 1 aliphatic carbocycles. The van der Waals surface area contributed by atoms with E-state index in [1.165, 1.54) is 55.3 Å². The maximum Gasteiger partial charge on any atom is 0.140 e. The standard InChI is InChI=1S/C28H37N3O/c1-2-3-18-31-26(19-29-28(31)25-12-8-5-9-13-25)22-30(20-23-10-6-4-7-11-23)21-24-14-16-27(32)17-15-24/h5,8-9,12-17,19,23,32H,2-4,6-7,10-11,18,20-22H2,1H3. The van der Waals surface area contributed by atoms with Gasteiger partial charge in [-0.25, -0.2) is 4.98 Å². The van der Waals surface area contributed by atoms with E-state index in [0.29, 0.717) is 5.75 Å². The molecule has 1 N–H and O–H groups in total. The van der Waals surface area contributed by atoms with Gasteiger partial charge in [-0.3, -0.25) is 4.90 Å². The van der Waals surface area contributed by atoms with Gasteiger partial charge in [0.15, 0.2) is 0 Å². The highest BCUT2D eigenvalue weighted by Crippen LogP contribution is 2.27. The van der Waals surface area contributed by atoms with E-state index in [9.17, 15) is 5.11 Å². The summed E-state index contributed by atoms with van der Waals surface area (Å²) in [5.74, 6) is 2.19. The van der Waals surface area contributed by atoms with Crippen LogP contribution in [0.2, 0.25) is 0 Å². The number of benzene rings is 2. The molecule has 4 heteroatoms. The minimum atomic E-state index is 0.331. The molecule has 0 aliphatic heterocycles. The molecule has 1 aliphatic rings. The Kier molecular flexibility index (Phi) is 8.00. The average molecular weight is 432 g/mol. The molecule has 0 bridgehead atoms. The Morgan fingerprint density at radius 1 is 0.969 bits per heavy atom. The maximum absolute atomic E-state index is 9.69. The van der Waals surface area contributed by atoms with E-state index in [2.05, 4.69) is 52.9 Å². The highest BCUT2D eigenvalue weighted by molar-refractivity contribution is 5.55. The third kappa shape index (κ3) is 6.01. The Labute approximate surface area is 192 Å². The Bertz CT molecular complexity index is 943. The summed E-state index contributed by atoms with van der Waals surface area (Å²) in [6, 6.07) is 18.3. The van der Waals surface area contributed by atoms with Gasteiger partial charge in [-0.05, 0) is 42.9 Å². The first-order valence-corrected chi connectivity index (χ1v) is 12.3. The molecule has 4 rings (SSSR count). The number of nitrogens with zero attached hydrogens (tertiary/aromatic N) is 3. The van der Waals surface area contributed by atoms with Crippen molar-refractivity contribution >= 4 is 0 Å². The van der Waals surface area contributed by atoms with Gasteiger partial charge < -0.3 is 9.67 Å². The molecule has 1 fully saturated rings. The molecule has 0 unspecified atom stereocenters. The molecule has 0 atom stereocenters. The Morgan fingerprint density at radius 2 is 1.72 bits per heavy atom. The van der Waals surface area contributed by atoms with Crippen molar-refractivity contribution in [1.29, 1.82) is 0 Å². The van der Waals surface area contributed by atoms with Crippen LogP contribution in [0.3, 0.4) is 0 Å². The van der Waals surface area contributed by atoms with Crippen LogP contribution in [0.4, 0.5) is 0 Å². The molecule has 0 saturated heterocycles. The number of rotatable bonds is 10. The van der Waals surface area contributed by atoms with Crippen LogP contribution in [0.15, 0.2) is 60.8 Å². The van der Waals surface area contributed by atoms with Crippen molar-refractivity contribution in [3.05, 3.63) is 72.1 Å². The molecule has 2 aromatic carbocycles. The summed E-state index contributed by atoms with van der Waals surface area (Å²) in [5, 5.41) is 9.69. The topological polar surface area (TPSA) is 41.3 Å². The number of phenols is 1. The monoisotopic (exact) mass is 431 g/mol. The highest BCUT2D eigenvalue weighted by atomic mass is 16.3.